The normalized spacial score (nSPS) is 11.9. The zero-order chi connectivity index (χ0) is 13.5. The van der Waals surface area contributed by atoms with Crippen LogP contribution in [0.3, 0.4) is 0 Å². The number of aliphatic carboxylic acids is 1. The first-order valence-corrected chi connectivity index (χ1v) is 5.82. The molecule has 0 aliphatic carbocycles. The second-order valence-corrected chi connectivity index (χ2v) is 3.95. The van der Waals surface area contributed by atoms with E-state index in [-0.39, 0.29) is 18.9 Å². The molecule has 0 spiro atoms. The van der Waals surface area contributed by atoms with Crippen LogP contribution >= 0.6 is 0 Å². The predicted molar refractivity (Wildman–Crippen MR) is 66.4 cm³/mol. The van der Waals surface area contributed by atoms with E-state index in [1.807, 2.05) is 19.1 Å². The Morgan fingerprint density at radius 3 is 2.39 bits per heavy atom. The van der Waals surface area contributed by atoms with Crippen LogP contribution < -0.4 is 5.32 Å². The molecule has 5 heteroatoms. The van der Waals surface area contributed by atoms with Crippen LogP contribution in [-0.4, -0.2) is 34.7 Å². The Hall–Kier alpha value is -1.88. The average Bonchev–Trinajstić information content (AvgIpc) is 2.38. The summed E-state index contributed by atoms with van der Waals surface area (Å²) in [5, 5.41) is 20.0. The standard InChI is InChI=1S/C13H17NO4/c1-2-9-3-5-10(6-4-9)12(16)14-8-7-11(15)13(17)18/h3-6,11,15H,2,7-8H2,1H3,(H,14,16)(H,17,18)/t11-/m0/s1. The number of amides is 1. The van der Waals surface area contributed by atoms with Crippen molar-refractivity contribution in [2.45, 2.75) is 25.9 Å². The van der Waals surface area contributed by atoms with Gasteiger partial charge in [-0.25, -0.2) is 4.79 Å². The summed E-state index contributed by atoms with van der Waals surface area (Å²) >= 11 is 0. The lowest BCUT2D eigenvalue weighted by Crippen LogP contribution is -2.30. The van der Waals surface area contributed by atoms with Crippen molar-refractivity contribution in [2.75, 3.05) is 6.54 Å². The molecule has 0 bridgehead atoms. The first kappa shape index (κ1) is 14.2. The van der Waals surface area contributed by atoms with Gasteiger partial charge in [-0.3, -0.25) is 4.79 Å². The van der Waals surface area contributed by atoms with Crippen LogP contribution in [0.5, 0.6) is 0 Å². The van der Waals surface area contributed by atoms with E-state index in [1.165, 1.54) is 0 Å². The van der Waals surface area contributed by atoms with Crippen LogP contribution in [0, 0.1) is 0 Å². The van der Waals surface area contributed by atoms with Crippen LogP contribution in [-0.2, 0) is 11.2 Å². The van der Waals surface area contributed by atoms with Crippen LogP contribution in [0.4, 0.5) is 0 Å². The van der Waals surface area contributed by atoms with Crippen molar-refractivity contribution >= 4 is 11.9 Å². The van der Waals surface area contributed by atoms with Gasteiger partial charge in [0.05, 0.1) is 0 Å². The van der Waals surface area contributed by atoms with Crippen molar-refractivity contribution < 1.29 is 19.8 Å². The molecular formula is C13H17NO4. The number of carboxylic acid groups (broad SMARTS) is 1. The molecule has 0 radical (unpaired) electrons. The summed E-state index contributed by atoms with van der Waals surface area (Å²) in [6, 6.07) is 7.20. The Kier molecular flexibility index (Phi) is 5.32. The van der Waals surface area contributed by atoms with Crippen molar-refractivity contribution in [2.24, 2.45) is 0 Å². The molecule has 5 nitrogen and oxygen atoms in total. The molecule has 0 aliphatic heterocycles. The first-order valence-electron chi connectivity index (χ1n) is 5.82. The van der Waals surface area contributed by atoms with Gasteiger partial charge in [-0.1, -0.05) is 19.1 Å². The topological polar surface area (TPSA) is 86.6 Å². The third kappa shape index (κ3) is 4.18. The van der Waals surface area contributed by atoms with Gasteiger partial charge in [-0.05, 0) is 24.1 Å². The number of benzene rings is 1. The van der Waals surface area contributed by atoms with Crippen LogP contribution in [0.25, 0.3) is 0 Å². The number of nitrogens with one attached hydrogen (secondary N) is 1. The van der Waals surface area contributed by atoms with Crippen LogP contribution in [0.2, 0.25) is 0 Å². The second kappa shape index (κ2) is 6.76. The maximum absolute atomic E-state index is 11.7. The summed E-state index contributed by atoms with van der Waals surface area (Å²) < 4.78 is 0. The van der Waals surface area contributed by atoms with Crippen molar-refractivity contribution in [1.29, 1.82) is 0 Å². The first-order chi connectivity index (χ1) is 8.54. The Bertz CT molecular complexity index is 414. The molecule has 1 amide bonds. The van der Waals surface area contributed by atoms with Crippen molar-refractivity contribution in [1.82, 2.24) is 5.32 Å². The lowest BCUT2D eigenvalue weighted by molar-refractivity contribution is -0.146. The minimum atomic E-state index is -1.44. The third-order valence-electron chi connectivity index (χ3n) is 2.61. The lowest BCUT2D eigenvalue weighted by Gasteiger charge is -2.07. The highest BCUT2D eigenvalue weighted by atomic mass is 16.4. The molecule has 0 aliphatic rings. The predicted octanol–water partition coefficient (Wildman–Crippen LogP) is 0.814. The molecule has 0 saturated heterocycles. The molecular weight excluding hydrogens is 234 g/mol. The summed E-state index contributed by atoms with van der Waals surface area (Å²) in [4.78, 5) is 22.0. The Morgan fingerprint density at radius 2 is 1.89 bits per heavy atom. The minimum absolute atomic E-state index is 0.00584. The Labute approximate surface area is 105 Å². The maximum atomic E-state index is 11.7. The fraction of sp³-hybridized carbons (Fsp3) is 0.385. The highest BCUT2D eigenvalue weighted by molar-refractivity contribution is 5.94. The molecule has 0 heterocycles. The van der Waals surface area contributed by atoms with Crippen molar-refractivity contribution in [3.63, 3.8) is 0 Å². The molecule has 1 aromatic rings. The van der Waals surface area contributed by atoms with Gasteiger partial charge in [-0.2, -0.15) is 0 Å². The SMILES string of the molecule is CCc1ccc(C(=O)NCC[C@H](O)C(=O)O)cc1. The van der Waals surface area contributed by atoms with Crippen molar-refractivity contribution in [3.05, 3.63) is 35.4 Å². The minimum Gasteiger partial charge on any atom is -0.479 e. The number of carbonyl (C=O) groups excluding carboxylic acids is 1. The summed E-state index contributed by atoms with van der Waals surface area (Å²) in [6.45, 7) is 2.16. The van der Waals surface area contributed by atoms with E-state index in [2.05, 4.69) is 5.32 Å². The molecule has 0 fully saturated rings. The number of rotatable bonds is 6. The van der Waals surface area contributed by atoms with E-state index in [9.17, 15) is 9.59 Å². The molecule has 18 heavy (non-hydrogen) atoms. The summed E-state index contributed by atoms with van der Waals surface area (Å²) in [5.41, 5.74) is 1.67. The second-order valence-electron chi connectivity index (χ2n) is 3.95. The van der Waals surface area contributed by atoms with E-state index < -0.39 is 12.1 Å². The Morgan fingerprint density at radius 1 is 1.28 bits per heavy atom. The van der Waals surface area contributed by atoms with E-state index in [0.29, 0.717) is 5.56 Å². The van der Waals surface area contributed by atoms with Gasteiger partial charge in [0, 0.05) is 18.5 Å². The summed E-state index contributed by atoms with van der Waals surface area (Å²) in [5.74, 6) is -1.55. The molecule has 0 saturated carbocycles. The highest BCUT2D eigenvalue weighted by Crippen LogP contribution is 2.04. The van der Waals surface area contributed by atoms with Gasteiger partial charge >= 0.3 is 5.97 Å². The van der Waals surface area contributed by atoms with Gasteiger partial charge in [0.25, 0.3) is 5.91 Å². The van der Waals surface area contributed by atoms with E-state index in [0.717, 1.165) is 12.0 Å². The van der Waals surface area contributed by atoms with Crippen LogP contribution in [0.1, 0.15) is 29.3 Å². The lowest BCUT2D eigenvalue weighted by atomic mass is 10.1. The number of aliphatic hydroxyl groups is 1. The smallest absolute Gasteiger partial charge is 0.332 e. The number of aliphatic hydroxyl groups excluding tert-OH is 1. The monoisotopic (exact) mass is 251 g/mol. The van der Waals surface area contributed by atoms with E-state index in [1.54, 1.807) is 12.1 Å². The maximum Gasteiger partial charge on any atom is 0.332 e. The highest BCUT2D eigenvalue weighted by Gasteiger charge is 2.13. The van der Waals surface area contributed by atoms with Crippen LogP contribution in [0.15, 0.2) is 24.3 Å². The number of hydrogen-bond donors (Lipinski definition) is 3. The zero-order valence-electron chi connectivity index (χ0n) is 10.2. The molecule has 98 valence electrons. The van der Waals surface area contributed by atoms with E-state index in [4.69, 9.17) is 10.2 Å². The number of carboxylic acids is 1. The average molecular weight is 251 g/mol. The molecule has 1 rings (SSSR count). The molecule has 1 aromatic carbocycles. The fourth-order valence-electron chi connectivity index (χ4n) is 1.44. The molecule has 3 N–H and O–H groups in total. The van der Waals surface area contributed by atoms with Gasteiger partial charge < -0.3 is 15.5 Å². The summed E-state index contributed by atoms with van der Waals surface area (Å²) in [6.07, 6.45) is -0.534. The largest absolute Gasteiger partial charge is 0.479 e. The van der Waals surface area contributed by atoms with E-state index >= 15 is 0 Å². The molecule has 0 unspecified atom stereocenters. The number of aryl methyl sites for hydroxylation is 1. The quantitative estimate of drug-likeness (QED) is 0.698. The van der Waals surface area contributed by atoms with Gasteiger partial charge in [0.1, 0.15) is 0 Å². The summed E-state index contributed by atoms with van der Waals surface area (Å²) in [7, 11) is 0. The molecule has 0 aromatic heterocycles. The van der Waals surface area contributed by atoms with Gasteiger partial charge in [0.2, 0.25) is 0 Å². The number of carbonyl (C=O) groups is 2. The van der Waals surface area contributed by atoms with Gasteiger partial charge in [0.15, 0.2) is 6.10 Å². The van der Waals surface area contributed by atoms with Gasteiger partial charge in [-0.15, -0.1) is 0 Å². The number of hydrogen-bond acceptors (Lipinski definition) is 3. The molecule has 1 atom stereocenters. The van der Waals surface area contributed by atoms with Crippen molar-refractivity contribution in [3.8, 4) is 0 Å². The fourth-order valence-corrected chi connectivity index (χ4v) is 1.44. The zero-order valence-corrected chi connectivity index (χ0v) is 10.2. The third-order valence-corrected chi connectivity index (χ3v) is 2.61. The Balaban J connectivity index is 2.42.